The van der Waals surface area contributed by atoms with E-state index in [2.05, 4.69) is 0 Å². The van der Waals surface area contributed by atoms with Gasteiger partial charge in [0.2, 0.25) is 0 Å². The van der Waals surface area contributed by atoms with Crippen molar-refractivity contribution in [2.75, 3.05) is 4.72 Å². The molecule has 0 amide bonds. The Kier molecular flexibility index (Phi) is 4.43. The summed E-state index contributed by atoms with van der Waals surface area (Å²) in [5.41, 5.74) is 1.92. The fourth-order valence-electron chi connectivity index (χ4n) is 2.38. The molecule has 0 saturated carbocycles. The minimum atomic E-state index is -4.15. The summed E-state index contributed by atoms with van der Waals surface area (Å²) in [5.74, 6) is -4.68. The normalized spacial score (nSPS) is 11.6. The standard InChI is InChI=1S/C16H16F3NO2S/c1-8-7-9(2)11(4)16(10(8)3)23(21,22)20-13-6-5-12(17)14(18)15(13)19/h5-7,20H,1-4H3. The van der Waals surface area contributed by atoms with Gasteiger partial charge in [-0.25, -0.2) is 21.6 Å². The summed E-state index contributed by atoms with van der Waals surface area (Å²) >= 11 is 0. The van der Waals surface area contributed by atoms with E-state index >= 15 is 0 Å². The second-order valence-corrected chi connectivity index (χ2v) is 7.04. The van der Waals surface area contributed by atoms with Crippen molar-refractivity contribution in [3.05, 3.63) is 57.9 Å². The molecule has 1 N–H and O–H groups in total. The number of benzene rings is 2. The van der Waals surface area contributed by atoms with E-state index in [1.54, 1.807) is 27.7 Å². The van der Waals surface area contributed by atoms with Crippen LogP contribution in [0.25, 0.3) is 0 Å². The zero-order valence-electron chi connectivity index (χ0n) is 13.1. The van der Waals surface area contributed by atoms with Gasteiger partial charge in [-0.3, -0.25) is 4.72 Å². The molecule has 0 unspecified atom stereocenters. The van der Waals surface area contributed by atoms with Crippen LogP contribution in [0.5, 0.6) is 0 Å². The lowest BCUT2D eigenvalue weighted by molar-refractivity contribution is 0.449. The maximum Gasteiger partial charge on any atom is 0.262 e. The van der Waals surface area contributed by atoms with E-state index < -0.39 is 33.2 Å². The van der Waals surface area contributed by atoms with Crippen molar-refractivity contribution >= 4 is 15.7 Å². The molecule has 0 aromatic heterocycles. The summed E-state index contributed by atoms with van der Waals surface area (Å²) in [5, 5.41) is 0. The van der Waals surface area contributed by atoms with E-state index in [-0.39, 0.29) is 4.90 Å². The molecular weight excluding hydrogens is 327 g/mol. The fraction of sp³-hybridized carbons (Fsp3) is 0.250. The highest BCUT2D eigenvalue weighted by atomic mass is 32.2. The van der Waals surface area contributed by atoms with Crippen molar-refractivity contribution in [2.45, 2.75) is 32.6 Å². The molecule has 124 valence electrons. The fourth-order valence-corrected chi connectivity index (χ4v) is 4.06. The van der Waals surface area contributed by atoms with Crippen LogP contribution in [0, 0.1) is 45.1 Å². The summed E-state index contributed by atoms with van der Waals surface area (Å²) in [4.78, 5) is 0.0131. The van der Waals surface area contributed by atoms with Gasteiger partial charge in [-0.05, 0) is 62.1 Å². The zero-order chi connectivity index (χ0) is 17.5. The molecule has 7 heteroatoms. The lowest BCUT2D eigenvalue weighted by atomic mass is 10.0. The first-order valence-electron chi connectivity index (χ1n) is 6.80. The van der Waals surface area contributed by atoms with Gasteiger partial charge in [0, 0.05) is 0 Å². The number of hydrogen-bond donors (Lipinski definition) is 1. The molecule has 0 spiro atoms. The van der Waals surface area contributed by atoms with Crippen LogP contribution < -0.4 is 4.72 Å². The minimum Gasteiger partial charge on any atom is -0.277 e. The van der Waals surface area contributed by atoms with Gasteiger partial charge in [0.25, 0.3) is 10.0 Å². The van der Waals surface area contributed by atoms with Gasteiger partial charge in [-0.2, -0.15) is 0 Å². The molecule has 2 rings (SSSR count). The third kappa shape index (κ3) is 3.06. The minimum absolute atomic E-state index is 0.0131. The van der Waals surface area contributed by atoms with Crippen molar-refractivity contribution in [1.82, 2.24) is 0 Å². The Hall–Kier alpha value is -2.02. The summed E-state index contributed by atoms with van der Waals surface area (Å²) < 4.78 is 67.2. The molecule has 0 radical (unpaired) electrons. The highest BCUT2D eigenvalue weighted by molar-refractivity contribution is 7.92. The maximum atomic E-state index is 13.7. The van der Waals surface area contributed by atoms with Crippen LogP contribution in [0.2, 0.25) is 0 Å². The molecule has 0 bridgehead atoms. The average molecular weight is 343 g/mol. The molecule has 0 aliphatic heterocycles. The van der Waals surface area contributed by atoms with E-state index in [1.807, 2.05) is 10.8 Å². The number of nitrogens with one attached hydrogen (secondary N) is 1. The largest absolute Gasteiger partial charge is 0.277 e. The van der Waals surface area contributed by atoms with Gasteiger partial charge >= 0.3 is 0 Å². The quantitative estimate of drug-likeness (QED) is 0.852. The summed E-state index contributed by atoms with van der Waals surface area (Å²) in [6, 6.07) is 3.36. The molecule has 0 atom stereocenters. The number of sulfonamides is 1. The Morgan fingerprint density at radius 2 is 1.39 bits per heavy atom. The Labute approximate surface area is 133 Å². The van der Waals surface area contributed by atoms with Crippen molar-refractivity contribution in [3.8, 4) is 0 Å². The summed E-state index contributed by atoms with van der Waals surface area (Å²) in [6.45, 7) is 6.80. The number of aryl methyl sites for hydroxylation is 2. The van der Waals surface area contributed by atoms with Crippen LogP contribution in [0.15, 0.2) is 23.1 Å². The van der Waals surface area contributed by atoms with Crippen molar-refractivity contribution < 1.29 is 21.6 Å². The van der Waals surface area contributed by atoms with Crippen molar-refractivity contribution in [3.63, 3.8) is 0 Å². The van der Waals surface area contributed by atoms with Crippen LogP contribution in [-0.2, 0) is 10.0 Å². The first kappa shape index (κ1) is 17.3. The molecular formula is C16H16F3NO2S. The average Bonchev–Trinajstić information content (AvgIpc) is 2.46. The van der Waals surface area contributed by atoms with Crippen LogP contribution in [0.1, 0.15) is 22.3 Å². The third-order valence-electron chi connectivity index (χ3n) is 3.85. The maximum absolute atomic E-state index is 13.7. The lowest BCUT2D eigenvalue weighted by Crippen LogP contribution is -2.18. The Morgan fingerprint density at radius 1 is 0.870 bits per heavy atom. The predicted octanol–water partition coefficient (Wildman–Crippen LogP) is 4.14. The molecule has 0 heterocycles. The molecule has 0 aliphatic carbocycles. The second kappa shape index (κ2) is 5.88. The molecule has 2 aromatic carbocycles. The number of hydrogen-bond acceptors (Lipinski definition) is 2. The van der Waals surface area contributed by atoms with E-state index in [9.17, 15) is 21.6 Å². The predicted molar refractivity (Wildman–Crippen MR) is 82.5 cm³/mol. The van der Waals surface area contributed by atoms with Crippen LogP contribution >= 0.6 is 0 Å². The van der Waals surface area contributed by atoms with Gasteiger partial charge < -0.3 is 0 Å². The number of halogens is 3. The van der Waals surface area contributed by atoms with E-state index in [4.69, 9.17) is 0 Å². The molecule has 0 saturated heterocycles. The van der Waals surface area contributed by atoms with Gasteiger partial charge in [0.15, 0.2) is 17.5 Å². The lowest BCUT2D eigenvalue weighted by Gasteiger charge is -2.17. The Bertz CT molecular complexity index is 867. The Balaban J connectivity index is 2.60. The second-order valence-electron chi connectivity index (χ2n) is 5.42. The smallest absolute Gasteiger partial charge is 0.262 e. The van der Waals surface area contributed by atoms with Gasteiger partial charge in [-0.15, -0.1) is 0 Å². The molecule has 0 aliphatic rings. The van der Waals surface area contributed by atoms with E-state index in [0.29, 0.717) is 17.2 Å². The molecule has 0 fully saturated rings. The Morgan fingerprint density at radius 3 is 1.91 bits per heavy atom. The van der Waals surface area contributed by atoms with Crippen LogP contribution in [0.4, 0.5) is 18.9 Å². The van der Waals surface area contributed by atoms with Gasteiger partial charge in [0.1, 0.15) is 0 Å². The SMILES string of the molecule is Cc1cc(C)c(C)c(S(=O)(=O)Nc2ccc(F)c(F)c2F)c1C. The number of rotatable bonds is 3. The first-order valence-corrected chi connectivity index (χ1v) is 8.28. The van der Waals surface area contributed by atoms with Crippen LogP contribution in [0.3, 0.4) is 0 Å². The number of anilines is 1. The monoisotopic (exact) mass is 343 g/mol. The van der Waals surface area contributed by atoms with E-state index in [0.717, 1.165) is 17.2 Å². The molecule has 3 nitrogen and oxygen atoms in total. The van der Waals surface area contributed by atoms with E-state index in [1.165, 1.54) is 0 Å². The highest BCUT2D eigenvalue weighted by Crippen LogP contribution is 2.29. The van der Waals surface area contributed by atoms with Gasteiger partial charge in [0.05, 0.1) is 10.6 Å². The van der Waals surface area contributed by atoms with Crippen molar-refractivity contribution in [1.29, 1.82) is 0 Å². The summed E-state index contributed by atoms with van der Waals surface area (Å²) in [6.07, 6.45) is 0. The topological polar surface area (TPSA) is 46.2 Å². The third-order valence-corrected chi connectivity index (χ3v) is 5.48. The van der Waals surface area contributed by atoms with Crippen molar-refractivity contribution in [2.24, 2.45) is 0 Å². The van der Waals surface area contributed by atoms with Crippen LogP contribution in [-0.4, -0.2) is 8.42 Å². The zero-order valence-corrected chi connectivity index (χ0v) is 13.9. The molecule has 2 aromatic rings. The highest BCUT2D eigenvalue weighted by Gasteiger charge is 2.24. The first-order chi connectivity index (χ1) is 10.6. The molecule has 23 heavy (non-hydrogen) atoms. The van der Waals surface area contributed by atoms with Gasteiger partial charge in [-0.1, -0.05) is 6.07 Å². The summed E-state index contributed by atoms with van der Waals surface area (Å²) in [7, 11) is -4.15.